The highest BCUT2D eigenvalue weighted by molar-refractivity contribution is 7.93. The smallest absolute Gasteiger partial charge is 0.265 e. The normalized spacial score (nSPS) is 11.5. The molecule has 3 N–H and O–H groups in total. The summed E-state index contributed by atoms with van der Waals surface area (Å²) in [6, 6.07) is 5.12. The number of hydrogen-bond donors (Lipinski definition) is 2. The molecule has 1 heterocycles. The molecule has 0 radical (unpaired) electrons. The summed E-state index contributed by atoms with van der Waals surface area (Å²) in [6.45, 7) is 3.49. The van der Waals surface area contributed by atoms with E-state index in [9.17, 15) is 8.42 Å². The summed E-state index contributed by atoms with van der Waals surface area (Å²) in [6.07, 6.45) is 1.52. The molecule has 102 valence electrons. The molecule has 0 unspecified atom stereocenters. The number of benzene rings is 1. The molecule has 0 bridgehead atoms. The highest BCUT2D eigenvalue weighted by atomic mass is 32.2. The third kappa shape index (κ3) is 2.41. The number of aromatic nitrogens is 2. The van der Waals surface area contributed by atoms with Gasteiger partial charge in [0.1, 0.15) is 10.7 Å². The van der Waals surface area contributed by atoms with Crippen molar-refractivity contribution in [3.63, 3.8) is 0 Å². The molecule has 2 aromatic rings. The van der Waals surface area contributed by atoms with Crippen LogP contribution in [0.25, 0.3) is 0 Å². The third-order valence-electron chi connectivity index (χ3n) is 2.94. The van der Waals surface area contributed by atoms with E-state index < -0.39 is 10.0 Å². The minimum absolute atomic E-state index is 0.119. The Labute approximate surface area is 112 Å². The van der Waals surface area contributed by atoms with E-state index in [0.717, 1.165) is 5.56 Å². The quantitative estimate of drug-likeness (QED) is 0.832. The lowest BCUT2D eigenvalue weighted by atomic mass is 10.1. The molecule has 19 heavy (non-hydrogen) atoms. The number of anilines is 2. The molecule has 6 nitrogen and oxygen atoms in total. The number of aryl methyl sites for hydroxylation is 3. The molecule has 0 aliphatic rings. The van der Waals surface area contributed by atoms with E-state index in [-0.39, 0.29) is 10.6 Å². The molecule has 0 aliphatic heterocycles. The van der Waals surface area contributed by atoms with Gasteiger partial charge in [0.15, 0.2) is 0 Å². The fourth-order valence-corrected chi connectivity index (χ4v) is 3.35. The number of nitrogen functional groups attached to an aromatic ring is 1. The van der Waals surface area contributed by atoms with E-state index >= 15 is 0 Å². The van der Waals surface area contributed by atoms with Crippen LogP contribution in [0.2, 0.25) is 0 Å². The molecule has 2 rings (SSSR count). The van der Waals surface area contributed by atoms with Crippen molar-refractivity contribution in [3.05, 3.63) is 35.5 Å². The van der Waals surface area contributed by atoms with Crippen molar-refractivity contribution < 1.29 is 8.42 Å². The first-order valence-electron chi connectivity index (χ1n) is 5.69. The lowest BCUT2D eigenvalue weighted by molar-refractivity contribution is 0.600. The topological polar surface area (TPSA) is 90.0 Å². The second kappa shape index (κ2) is 4.58. The van der Waals surface area contributed by atoms with Crippen LogP contribution >= 0.6 is 0 Å². The molecule has 7 heteroatoms. The van der Waals surface area contributed by atoms with E-state index in [1.807, 2.05) is 0 Å². The highest BCUT2D eigenvalue weighted by Gasteiger charge is 2.22. The first-order valence-corrected chi connectivity index (χ1v) is 7.18. The number of nitrogens with zero attached hydrogens (tertiary/aromatic N) is 2. The summed E-state index contributed by atoms with van der Waals surface area (Å²) in [5.74, 6) is 0.389. The van der Waals surface area contributed by atoms with E-state index in [1.165, 1.54) is 10.9 Å². The molecule has 0 saturated heterocycles. The first kappa shape index (κ1) is 13.4. The standard InChI is InChI=1S/C12H16N4O2S/c1-8-4-5-9(2)12(11(8)13)19(17,18)15-10-6-7-14-16(10)3/h4-7,15H,13H2,1-3H3. The zero-order valence-corrected chi connectivity index (χ0v) is 11.8. The van der Waals surface area contributed by atoms with Crippen LogP contribution in [0, 0.1) is 13.8 Å². The van der Waals surface area contributed by atoms with Gasteiger partial charge in [-0.2, -0.15) is 5.10 Å². The van der Waals surface area contributed by atoms with Crippen molar-refractivity contribution >= 4 is 21.5 Å². The van der Waals surface area contributed by atoms with Crippen LogP contribution < -0.4 is 10.5 Å². The molecular formula is C12H16N4O2S. The molecule has 0 fully saturated rings. The molecule has 0 amide bonds. The Morgan fingerprint density at radius 2 is 1.84 bits per heavy atom. The number of nitrogens with one attached hydrogen (secondary N) is 1. The maximum Gasteiger partial charge on any atom is 0.265 e. The Morgan fingerprint density at radius 3 is 2.42 bits per heavy atom. The number of nitrogens with two attached hydrogens (primary N) is 1. The van der Waals surface area contributed by atoms with Crippen LogP contribution in [0.5, 0.6) is 0 Å². The van der Waals surface area contributed by atoms with E-state index in [1.54, 1.807) is 39.1 Å². The van der Waals surface area contributed by atoms with Gasteiger partial charge in [0, 0.05) is 13.1 Å². The van der Waals surface area contributed by atoms with E-state index in [4.69, 9.17) is 5.73 Å². The van der Waals surface area contributed by atoms with Crippen molar-refractivity contribution in [2.75, 3.05) is 10.5 Å². The Balaban J connectivity index is 2.52. The highest BCUT2D eigenvalue weighted by Crippen LogP contribution is 2.27. The molecule has 0 atom stereocenters. The van der Waals surface area contributed by atoms with Crippen molar-refractivity contribution in [3.8, 4) is 0 Å². The average molecular weight is 280 g/mol. The van der Waals surface area contributed by atoms with Gasteiger partial charge in [-0.05, 0) is 25.0 Å². The van der Waals surface area contributed by atoms with Gasteiger partial charge in [-0.1, -0.05) is 12.1 Å². The molecule has 0 saturated carbocycles. The summed E-state index contributed by atoms with van der Waals surface area (Å²) in [7, 11) is -2.07. The molecular weight excluding hydrogens is 264 g/mol. The lowest BCUT2D eigenvalue weighted by Crippen LogP contribution is -2.18. The molecule has 1 aromatic carbocycles. The van der Waals surface area contributed by atoms with Crippen LogP contribution in [0.15, 0.2) is 29.3 Å². The van der Waals surface area contributed by atoms with Gasteiger partial charge in [0.2, 0.25) is 0 Å². The third-order valence-corrected chi connectivity index (χ3v) is 4.50. The molecule has 1 aromatic heterocycles. The van der Waals surface area contributed by atoms with Gasteiger partial charge in [0.25, 0.3) is 10.0 Å². The minimum Gasteiger partial charge on any atom is -0.397 e. The summed E-state index contributed by atoms with van der Waals surface area (Å²) in [4.78, 5) is 0.119. The summed E-state index contributed by atoms with van der Waals surface area (Å²) in [5.41, 5.74) is 7.51. The van der Waals surface area contributed by atoms with E-state index in [2.05, 4.69) is 9.82 Å². The predicted octanol–water partition coefficient (Wildman–Crippen LogP) is 1.42. The zero-order valence-electron chi connectivity index (χ0n) is 11.0. The van der Waals surface area contributed by atoms with Crippen LogP contribution in [0.3, 0.4) is 0 Å². The molecule has 0 aliphatic carbocycles. The largest absolute Gasteiger partial charge is 0.397 e. The van der Waals surface area contributed by atoms with Crippen LogP contribution in [-0.2, 0) is 17.1 Å². The zero-order chi connectivity index (χ0) is 14.2. The summed E-state index contributed by atoms with van der Waals surface area (Å²) >= 11 is 0. The van der Waals surface area contributed by atoms with Crippen LogP contribution in [-0.4, -0.2) is 18.2 Å². The Hall–Kier alpha value is -2.02. The molecule has 0 spiro atoms. The second-order valence-corrected chi connectivity index (χ2v) is 6.01. The summed E-state index contributed by atoms with van der Waals surface area (Å²) in [5, 5.41) is 3.92. The number of hydrogen-bond acceptors (Lipinski definition) is 4. The fraction of sp³-hybridized carbons (Fsp3) is 0.250. The van der Waals surface area contributed by atoms with E-state index in [0.29, 0.717) is 11.4 Å². The SMILES string of the molecule is Cc1ccc(C)c(S(=O)(=O)Nc2ccnn2C)c1N. The predicted molar refractivity (Wildman–Crippen MR) is 74.3 cm³/mol. The van der Waals surface area contributed by atoms with Gasteiger partial charge in [-0.3, -0.25) is 9.40 Å². The van der Waals surface area contributed by atoms with Crippen molar-refractivity contribution in [2.45, 2.75) is 18.7 Å². The maximum atomic E-state index is 12.4. The minimum atomic E-state index is -3.73. The van der Waals surface area contributed by atoms with Gasteiger partial charge >= 0.3 is 0 Å². The second-order valence-electron chi connectivity index (χ2n) is 4.39. The number of sulfonamides is 1. The fourth-order valence-electron chi connectivity index (χ4n) is 1.83. The van der Waals surface area contributed by atoms with Gasteiger partial charge in [-0.15, -0.1) is 0 Å². The Bertz CT molecular complexity index is 719. The average Bonchev–Trinajstić information content (AvgIpc) is 2.69. The Morgan fingerprint density at radius 1 is 1.21 bits per heavy atom. The van der Waals surface area contributed by atoms with Gasteiger partial charge in [-0.25, -0.2) is 8.42 Å². The van der Waals surface area contributed by atoms with Gasteiger partial charge < -0.3 is 5.73 Å². The Kier molecular flexibility index (Phi) is 3.23. The van der Waals surface area contributed by atoms with Gasteiger partial charge in [0.05, 0.1) is 11.9 Å². The van der Waals surface area contributed by atoms with Crippen LogP contribution in [0.1, 0.15) is 11.1 Å². The van der Waals surface area contributed by atoms with Crippen LogP contribution in [0.4, 0.5) is 11.5 Å². The monoisotopic (exact) mass is 280 g/mol. The maximum absolute atomic E-state index is 12.4. The first-order chi connectivity index (χ1) is 8.83. The number of rotatable bonds is 3. The van der Waals surface area contributed by atoms with Crippen molar-refractivity contribution in [1.29, 1.82) is 0 Å². The summed E-state index contributed by atoms with van der Waals surface area (Å²) < 4.78 is 28.8. The lowest BCUT2D eigenvalue weighted by Gasteiger charge is -2.14. The van der Waals surface area contributed by atoms with Crippen molar-refractivity contribution in [1.82, 2.24) is 9.78 Å². The van der Waals surface area contributed by atoms with Crippen molar-refractivity contribution in [2.24, 2.45) is 7.05 Å².